The van der Waals surface area contributed by atoms with Gasteiger partial charge < -0.3 is 10.1 Å². The van der Waals surface area contributed by atoms with Crippen molar-refractivity contribution in [3.8, 4) is 5.75 Å². The molecule has 0 fully saturated rings. The number of benzene rings is 2. The topological polar surface area (TPSA) is 50.7 Å². The summed E-state index contributed by atoms with van der Waals surface area (Å²) in [6.45, 7) is 1.73. The Morgan fingerprint density at radius 2 is 1.96 bits per heavy atom. The smallest absolute Gasteiger partial charge is 0.438 e. The van der Waals surface area contributed by atoms with Gasteiger partial charge in [-0.05, 0) is 42.8 Å². The van der Waals surface area contributed by atoms with E-state index >= 15 is 0 Å². The van der Waals surface area contributed by atoms with Crippen LogP contribution in [0.4, 0.5) is 23.7 Å². The van der Waals surface area contributed by atoms with Gasteiger partial charge in [-0.1, -0.05) is 23.7 Å². The maximum Gasteiger partial charge on any atom is 0.438 e. The van der Waals surface area contributed by atoms with Crippen molar-refractivity contribution in [3.63, 3.8) is 0 Å². The number of halogens is 4. The maximum absolute atomic E-state index is 14.1. The second kappa shape index (κ2) is 6.07. The Morgan fingerprint density at radius 1 is 1.20 bits per heavy atom. The molecule has 0 unspecified atom stereocenters. The van der Waals surface area contributed by atoms with Crippen molar-refractivity contribution in [1.82, 2.24) is 0 Å². The zero-order valence-corrected chi connectivity index (χ0v) is 13.7. The van der Waals surface area contributed by atoms with Crippen molar-refractivity contribution >= 4 is 29.5 Å². The molecule has 3 rings (SSSR count). The molecule has 4 nitrogen and oxygen atoms in total. The van der Waals surface area contributed by atoms with Gasteiger partial charge in [0.05, 0.1) is 11.9 Å². The van der Waals surface area contributed by atoms with Gasteiger partial charge >= 0.3 is 12.2 Å². The third kappa shape index (κ3) is 3.19. The van der Waals surface area contributed by atoms with Crippen molar-refractivity contribution < 1.29 is 22.7 Å². The number of nitrogens with zero attached hydrogens (tertiary/aromatic N) is 1. The fraction of sp³-hybridized carbons (Fsp3) is 0.176. The molecule has 1 aliphatic heterocycles. The van der Waals surface area contributed by atoms with E-state index in [0.717, 1.165) is 11.6 Å². The molecule has 0 bridgehead atoms. The van der Waals surface area contributed by atoms with Crippen molar-refractivity contribution in [2.24, 2.45) is 4.99 Å². The highest BCUT2D eigenvalue weighted by Gasteiger charge is 2.60. The molecule has 2 amide bonds. The number of nitrogens with one attached hydrogen (secondary N) is 1. The first-order chi connectivity index (χ1) is 11.7. The molecule has 1 heterocycles. The Morgan fingerprint density at radius 3 is 2.64 bits per heavy atom. The number of carbonyl (C=O) groups is 1. The summed E-state index contributed by atoms with van der Waals surface area (Å²) in [5.74, 6) is -0.0101. The summed E-state index contributed by atoms with van der Waals surface area (Å²) in [5.41, 5.74) is -2.65. The minimum atomic E-state index is -4.90. The van der Waals surface area contributed by atoms with Crippen LogP contribution in [0.1, 0.15) is 11.1 Å². The van der Waals surface area contributed by atoms with Crippen molar-refractivity contribution in [3.05, 3.63) is 58.6 Å². The number of carbonyl (C=O) groups excluding carboxylic acids is 1. The van der Waals surface area contributed by atoms with Crippen LogP contribution >= 0.6 is 11.6 Å². The first-order valence-electron chi connectivity index (χ1n) is 7.20. The molecule has 0 spiro atoms. The summed E-state index contributed by atoms with van der Waals surface area (Å²) >= 11 is 5.89. The molecule has 0 saturated heterocycles. The number of urea groups is 1. The minimum Gasteiger partial charge on any atom is -0.467 e. The zero-order valence-electron chi connectivity index (χ0n) is 12.9. The quantitative estimate of drug-likeness (QED) is 0.801. The van der Waals surface area contributed by atoms with Gasteiger partial charge in [0.2, 0.25) is 0 Å². The third-order valence-corrected chi connectivity index (χ3v) is 3.91. The van der Waals surface area contributed by atoms with Gasteiger partial charge in [-0.15, -0.1) is 0 Å². The minimum absolute atomic E-state index is 0.0101. The lowest BCUT2D eigenvalue weighted by molar-refractivity contribution is -0.223. The number of hydrogen-bond donors (Lipinski definition) is 1. The predicted molar refractivity (Wildman–Crippen MR) is 88.5 cm³/mol. The Labute approximate surface area is 146 Å². The number of ether oxygens (including phenoxy) is 1. The Kier molecular flexibility index (Phi) is 4.20. The van der Waals surface area contributed by atoms with E-state index in [-0.39, 0.29) is 22.0 Å². The van der Waals surface area contributed by atoms with Gasteiger partial charge in [0.1, 0.15) is 5.75 Å². The number of amides is 2. The lowest BCUT2D eigenvalue weighted by Crippen LogP contribution is -2.49. The van der Waals surface area contributed by atoms with Crippen LogP contribution in [0.15, 0.2) is 47.5 Å². The number of alkyl halides is 3. The van der Waals surface area contributed by atoms with Crippen molar-refractivity contribution in [2.75, 3.05) is 5.32 Å². The second-order valence-electron chi connectivity index (χ2n) is 5.53. The van der Waals surface area contributed by atoms with Gasteiger partial charge in [-0.3, -0.25) is 0 Å². The molecule has 0 saturated carbocycles. The van der Waals surface area contributed by atoms with Crippen LogP contribution in [0, 0.1) is 6.92 Å². The largest absolute Gasteiger partial charge is 0.467 e. The molecule has 0 aliphatic carbocycles. The Hall–Kier alpha value is -2.54. The molecule has 2 aromatic rings. The van der Waals surface area contributed by atoms with Crippen LogP contribution in [-0.2, 0) is 5.60 Å². The van der Waals surface area contributed by atoms with Crippen LogP contribution in [0.3, 0.4) is 0 Å². The molecule has 130 valence electrons. The van der Waals surface area contributed by atoms with Gasteiger partial charge in [-0.2, -0.15) is 13.2 Å². The average molecular weight is 369 g/mol. The second-order valence-corrected chi connectivity index (χ2v) is 5.97. The number of anilines is 1. The number of hydrogen-bond acceptors (Lipinski definition) is 2. The monoisotopic (exact) mass is 368 g/mol. The van der Waals surface area contributed by atoms with E-state index in [0.29, 0.717) is 6.21 Å². The molecular weight excluding hydrogens is 357 g/mol. The van der Waals surface area contributed by atoms with Crippen LogP contribution in [0.25, 0.3) is 0 Å². The first kappa shape index (κ1) is 17.3. The predicted octanol–water partition coefficient (Wildman–Crippen LogP) is 5.10. The summed E-state index contributed by atoms with van der Waals surface area (Å²) in [6, 6.07) is 9.00. The van der Waals surface area contributed by atoms with E-state index in [1.165, 1.54) is 24.3 Å². The highest BCUT2D eigenvalue weighted by atomic mass is 35.5. The Balaban J connectivity index is 2.26. The standard InChI is InChI=1S/C17H12ClF3N2O2/c1-10-3-2-4-12(7-10)25-16(17(19,20)21)9-22-15(24)23-14-6-5-11(18)8-13(14)16/h2-9H,1H3,(H,23,24)/t16-/m0/s1. The molecular formula is C17H12ClF3N2O2. The van der Waals surface area contributed by atoms with Crippen molar-refractivity contribution in [1.29, 1.82) is 0 Å². The molecule has 25 heavy (non-hydrogen) atoms. The van der Waals surface area contributed by atoms with Crippen LogP contribution in [-0.4, -0.2) is 18.4 Å². The normalized spacial score (nSPS) is 19.8. The van der Waals surface area contributed by atoms with Gasteiger partial charge in [-0.25, -0.2) is 9.79 Å². The summed E-state index contributed by atoms with van der Waals surface area (Å²) < 4.78 is 47.7. The van der Waals surface area contributed by atoms with Crippen LogP contribution in [0.2, 0.25) is 5.02 Å². The lowest BCUT2D eigenvalue weighted by atomic mass is 9.92. The van der Waals surface area contributed by atoms with Gasteiger partial charge in [0, 0.05) is 10.6 Å². The third-order valence-electron chi connectivity index (χ3n) is 3.68. The van der Waals surface area contributed by atoms with Crippen LogP contribution < -0.4 is 10.1 Å². The number of aliphatic imine (C=N–C) groups is 1. The van der Waals surface area contributed by atoms with Crippen molar-refractivity contribution in [2.45, 2.75) is 18.7 Å². The maximum atomic E-state index is 14.1. The number of rotatable bonds is 2. The zero-order chi connectivity index (χ0) is 18.2. The lowest BCUT2D eigenvalue weighted by Gasteiger charge is -2.33. The summed E-state index contributed by atoms with van der Waals surface area (Å²) in [4.78, 5) is 15.0. The van der Waals surface area contributed by atoms with Gasteiger partial charge in [0.25, 0.3) is 5.60 Å². The first-order valence-corrected chi connectivity index (χ1v) is 7.58. The highest BCUT2D eigenvalue weighted by Crippen LogP contribution is 2.46. The van der Waals surface area contributed by atoms with E-state index in [9.17, 15) is 18.0 Å². The average Bonchev–Trinajstić information content (AvgIpc) is 2.65. The van der Waals surface area contributed by atoms with E-state index in [2.05, 4.69) is 10.3 Å². The van der Waals surface area contributed by atoms with E-state index in [1.54, 1.807) is 19.1 Å². The van der Waals surface area contributed by atoms with Gasteiger partial charge in [0.15, 0.2) is 0 Å². The molecule has 1 atom stereocenters. The van der Waals surface area contributed by atoms with E-state index < -0.39 is 17.8 Å². The highest BCUT2D eigenvalue weighted by molar-refractivity contribution is 6.30. The molecule has 0 radical (unpaired) electrons. The molecule has 1 N–H and O–H groups in total. The summed E-state index contributed by atoms with van der Waals surface area (Å²) in [6.07, 6.45) is -4.43. The van der Waals surface area contributed by atoms with Crippen LogP contribution in [0.5, 0.6) is 5.75 Å². The molecule has 8 heteroatoms. The fourth-order valence-electron chi connectivity index (χ4n) is 2.53. The molecule has 1 aliphatic rings. The Bertz CT molecular complexity index is 867. The SMILES string of the molecule is Cc1cccc(O[C@@]2(C(F)(F)F)C=NC(=O)Nc3ccc(Cl)cc32)c1. The molecule has 0 aromatic heterocycles. The summed E-state index contributed by atoms with van der Waals surface area (Å²) in [7, 11) is 0. The summed E-state index contributed by atoms with van der Waals surface area (Å²) in [5, 5.41) is 2.37. The van der Waals surface area contributed by atoms with E-state index in [1.807, 2.05) is 0 Å². The fourth-order valence-corrected chi connectivity index (χ4v) is 2.70. The number of fused-ring (bicyclic) bond motifs is 1. The van der Waals surface area contributed by atoms with E-state index in [4.69, 9.17) is 16.3 Å². The number of aryl methyl sites for hydroxylation is 1. The molecule has 2 aromatic carbocycles.